The molecule has 0 spiro atoms. The predicted molar refractivity (Wildman–Crippen MR) is 158 cm³/mol. The number of hydrogen-bond donors (Lipinski definition) is 0. The predicted octanol–water partition coefficient (Wildman–Crippen LogP) is 6.53. The summed E-state index contributed by atoms with van der Waals surface area (Å²) in [5, 5.41) is 1.72. The summed E-state index contributed by atoms with van der Waals surface area (Å²) in [5.74, 6) is 1.15. The Morgan fingerprint density at radius 2 is 1.54 bits per heavy atom. The molecule has 208 valence electrons. The summed E-state index contributed by atoms with van der Waals surface area (Å²) in [6.45, 7) is 4.74. The van der Waals surface area contributed by atoms with Gasteiger partial charge in [0.25, 0.3) is 0 Å². The second kappa shape index (κ2) is 12.6. The lowest BCUT2D eigenvalue weighted by molar-refractivity contribution is -0.138. The van der Waals surface area contributed by atoms with Crippen molar-refractivity contribution in [3.8, 4) is 0 Å². The SMILES string of the molecule is CC(Cc1ccccc1)CN(CC1CCN(S(=O)(=O)c2cccc3ccccc23)CC1)C(=O)C1CCCCC1. The number of amides is 1. The maximum atomic E-state index is 13.7. The Labute approximate surface area is 234 Å². The standard InChI is InChI=1S/C33H42N2O3S/c1-26(23-27-11-4-2-5-12-27)24-34(33(36)30-14-6-3-7-15-30)25-28-19-21-35(22-20-28)39(37,38)32-18-10-16-29-13-8-9-17-31(29)32/h2,4-5,8-13,16-18,26,28,30H,3,6-7,14-15,19-25H2,1H3. The van der Waals surface area contributed by atoms with Crippen LogP contribution in [0.15, 0.2) is 77.7 Å². The molecule has 39 heavy (non-hydrogen) atoms. The number of piperidine rings is 1. The molecule has 0 radical (unpaired) electrons. The van der Waals surface area contributed by atoms with Crippen molar-refractivity contribution in [1.82, 2.24) is 9.21 Å². The molecule has 2 aliphatic rings. The highest BCUT2D eigenvalue weighted by Gasteiger charge is 2.33. The molecule has 1 aliphatic heterocycles. The molecule has 5 nitrogen and oxygen atoms in total. The molecule has 1 aliphatic carbocycles. The van der Waals surface area contributed by atoms with E-state index in [-0.39, 0.29) is 5.92 Å². The third-order valence-electron chi connectivity index (χ3n) is 8.64. The molecule has 5 rings (SSSR count). The van der Waals surface area contributed by atoms with Crippen LogP contribution in [0.2, 0.25) is 0 Å². The van der Waals surface area contributed by atoms with Gasteiger partial charge < -0.3 is 4.90 Å². The number of benzene rings is 3. The molecular weight excluding hydrogens is 504 g/mol. The van der Waals surface area contributed by atoms with Crippen LogP contribution in [-0.4, -0.2) is 49.7 Å². The van der Waals surface area contributed by atoms with Crippen molar-refractivity contribution in [3.05, 3.63) is 78.4 Å². The van der Waals surface area contributed by atoms with E-state index in [2.05, 4.69) is 36.1 Å². The fraction of sp³-hybridized carbons (Fsp3) is 0.485. The molecule has 1 amide bonds. The lowest BCUT2D eigenvalue weighted by Gasteiger charge is -2.37. The molecule has 1 unspecified atom stereocenters. The quantitative estimate of drug-likeness (QED) is 0.307. The van der Waals surface area contributed by atoms with Gasteiger partial charge in [0.1, 0.15) is 0 Å². The Morgan fingerprint density at radius 3 is 2.28 bits per heavy atom. The summed E-state index contributed by atoms with van der Waals surface area (Å²) >= 11 is 0. The van der Waals surface area contributed by atoms with Crippen LogP contribution in [0.5, 0.6) is 0 Å². The number of sulfonamides is 1. The summed E-state index contributed by atoms with van der Waals surface area (Å²) in [7, 11) is -3.57. The van der Waals surface area contributed by atoms with Crippen LogP contribution in [0, 0.1) is 17.8 Å². The average molecular weight is 547 g/mol. The van der Waals surface area contributed by atoms with Crippen LogP contribution in [0.3, 0.4) is 0 Å². The molecule has 1 saturated carbocycles. The number of carbonyl (C=O) groups is 1. The molecule has 0 N–H and O–H groups in total. The first-order valence-electron chi connectivity index (χ1n) is 14.7. The van der Waals surface area contributed by atoms with Gasteiger partial charge in [-0.15, -0.1) is 0 Å². The Morgan fingerprint density at radius 1 is 0.872 bits per heavy atom. The third kappa shape index (κ3) is 6.72. The van der Waals surface area contributed by atoms with Crippen molar-refractivity contribution in [2.24, 2.45) is 17.8 Å². The van der Waals surface area contributed by atoms with Gasteiger partial charge in [-0.1, -0.05) is 92.9 Å². The minimum Gasteiger partial charge on any atom is -0.342 e. The lowest BCUT2D eigenvalue weighted by atomic mass is 9.87. The van der Waals surface area contributed by atoms with E-state index in [1.165, 1.54) is 12.0 Å². The Kier molecular flexibility index (Phi) is 9.03. The molecule has 1 heterocycles. The van der Waals surface area contributed by atoms with Gasteiger partial charge in [-0.05, 0) is 61.0 Å². The highest BCUT2D eigenvalue weighted by atomic mass is 32.2. The Bertz CT molecular complexity index is 1340. The zero-order chi connectivity index (χ0) is 27.2. The Hall–Kier alpha value is -2.70. The molecule has 1 saturated heterocycles. The first-order chi connectivity index (χ1) is 18.9. The number of nitrogens with zero attached hydrogens (tertiary/aromatic N) is 2. The van der Waals surface area contributed by atoms with Crippen molar-refractivity contribution in [2.45, 2.75) is 63.2 Å². The Balaban J connectivity index is 1.25. The highest BCUT2D eigenvalue weighted by molar-refractivity contribution is 7.89. The average Bonchev–Trinajstić information content (AvgIpc) is 2.97. The molecule has 6 heteroatoms. The van der Waals surface area contributed by atoms with Crippen LogP contribution in [-0.2, 0) is 21.2 Å². The molecule has 3 aromatic carbocycles. The van der Waals surface area contributed by atoms with E-state index in [0.717, 1.165) is 68.8 Å². The van der Waals surface area contributed by atoms with Crippen molar-refractivity contribution in [2.75, 3.05) is 26.2 Å². The maximum absolute atomic E-state index is 13.7. The zero-order valence-electron chi connectivity index (χ0n) is 23.2. The number of fused-ring (bicyclic) bond motifs is 1. The van der Waals surface area contributed by atoms with Gasteiger partial charge in [-0.25, -0.2) is 8.42 Å². The number of hydrogen-bond acceptors (Lipinski definition) is 3. The van der Waals surface area contributed by atoms with E-state index in [1.807, 2.05) is 42.5 Å². The van der Waals surface area contributed by atoms with Gasteiger partial charge in [0.15, 0.2) is 0 Å². The van der Waals surface area contributed by atoms with E-state index >= 15 is 0 Å². The normalized spacial score (nSPS) is 18.7. The van der Waals surface area contributed by atoms with E-state index in [4.69, 9.17) is 0 Å². The van der Waals surface area contributed by atoms with E-state index in [1.54, 1.807) is 10.4 Å². The van der Waals surface area contributed by atoms with E-state index < -0.39 is 10.0 Å². The molecule has 2 fully saturated rings. The van der Waals surface area contributed by atoms with Crippen LogP contribution in [0.25, 0.3) is 10.8 Å². The topological polar surface area (TPSA) is 57.7 Å². The van der Waals surface area contributed by atoms with E-state index in [0.29, 0.717) is 35.7 Å². The summed E-state index contributed by atoms with van der Waals surface area (Å²) in [6.07, 6.45) is 8.06. The molecule has 3 aromatic rings. The first-order valence-corrected chi connectivity index (χ1v) is 16.2. The lowest BCUT2D eigenvalue weighted by Crippen LogP contribution is -2.46. The van der Waals surface area contributed by atoms with Crippen molar-refractivity contribution >= 4 is 26.7 Å². The second-order valence-electron chi connectivity index (χ2n) is 11.7. The van der Waals surface area contributed by atoms with Gasteiger partial charge in [-0.2, -0.15) is 4.31 Å². The molecular formula is C33H42N2O3S. The van der Waals surface area contributed by atoms with Crippen LogP contribution in [0.4, 0.5) is 0 Å². The maximum Gasteiger partial charge on any atom is 0.243 e. The fourth-order valence-corrected chi connectivity index (χ4v) is 8.21. The number of rotatable bonds is 9. The largest absolute Gasteiger partial charge is 0.342 e. The van der Waals surface area contributed by atoms with E-state index in [9.17, 15) is 13.2 Å². The monoisotopic (exact) mass is 546 g/mol. The third-order valence-corrected chi connectivity index (χ3v) is 10.6. The minimum atomic E-state index is -3.57. The van der Waals surface area contributed by atoms with Gasteiger partial charge >= 0.3 is 0 Å². The zero-order valence-corrected chi connectivity index (χ0v) is 24.0. The number of carbonyl (C=O) groups excluding carboxylic acids is 1. The van der Waals surface area contributed by atoms with Gasteiger partial charge in [0, 0.05) is 37.5 Å². The molecule has 0 bridgehead atoms. The van der Waals surface area contributed by atoms with Gasteiger partial charge in [-0.3, -0.25) is 4.79 Å². The summed E-state index contributed by atoms with van der Waals surface area (Å²) < 4.78 is 28.9. The second-order valence-corrected chi connectivity index (χ2v) is 13.6. The molecule has 1 atom stereocenters. The van der Waals surface area contributed by atoms with Crippen molar-refractivity contribution in [3.63, 3.8) is 0 Å². The van der Waals surface area contributed by atoms with Gasteiger partial charge in [0.2, 0.25) is 15.9 Å². The van der Waals surface area contributed by atoms with Crippen molar-refractivity contribution in [1.29, 1.82) is 0 Å². The first kappa shape index (κ1) is 27.9. The van der Waals surface area contributed by atoms with Crippen LogP contribution < -0.4 is 0 Å². The highest BCUT2D eigenvalue weighted by Crippen LogP contribution is 2.31. The molecule has 0 aromatic heterocycles. The van der Waals surface area contributed by atoms with Crippen molar-refractivity contribution < 1.29 is 13.2 Å². The summed E-state index contributed by atoms with van der Waals surface area (Å²) in [5.41, 5.74) is 1.31. The van der Waals surface area contributed by atoms with Gasteiger partial charge in [0.05, 0.1) is 4.90 Å². The van der Waals surface area contributed by atoms with Crippen LogP contribution in [0.1, 0.15) is 57.4 Å². The van der Waals surface area contributed by atoms with Crippen LogP contribution >= 0.6 is 0 Å². The summed E-state index contributed by atoms with van der Waals surface area (Å²) in [4.78, 5) is 16.2. The minimum absolute atomic E-state index is 0.148. The summed E-state index contributed by atoms with van der Waals surface area (Å²) in [6, 6.07) is 23.7. The smallest absolute Gasteiger partial charge is 0.243 e. The fourth-order valence-electron chi connectivity index (χ4n) is 6.52.